The van der Waals surface area contributed by atoms with Gasteiger partial charge in [0.2, 0.25) is 0 Å². The number of halogens is 2. The number of H-pyrrole nitrogens is 1. The van der Waals surface area contributed by atoms with Crippen LogP contribution < -0.4 is 4.90 Å². The SMILES string of the molecule is Cc1[nH]c(-c2ccccc2)cc1C(=O)C(=O)N1CCN(c2cc(Cl)cc(Cl)c2)CC1. The van der Waals surface area contributed by atoms with Crippen LogP contribution in [0.15, 0.2) is 54.6 Å². The Labute approximate surface area is 185 Å². The van der Waals surface area contributed by atoms with Crippen molar-refractivity contribution in [3.63, 3.8) is 0 Å². The number of aromatic nitrogens is 1. The summed E-state index contributed by atoms with van der Waals surface area (Å²) in [5, 5.41) is 1.15. The summed E-state index contributed by atoms with van der Waals surface area (Å²) in [5.74, 6) is -0.953. The lowest BCUT2D eigenvalue weighted by molar-refractivity contribution is -0.126. The highest BCUT2D eigenvalue weighted by molar-refractivity contribution is 6.43. The average Bonchev–Trinajstić information content (AvgIpc) is 3.14. The number of Topliss-reactive ketones (excluding diaryl/α,β-unsaturated/α-hetero) is 1. The first-order valence-corrected chi connectivity index (χ1v) is 10.5. The second-order valence-corrected chi connectivity index (χ2v) is 8.20. The van der Waals surface area contributed by atoms with Gasteiger partial charge in [0.1, 0.15) is 0 Å². The van der Waals surface area contributed by atoms with Crippen LogP contribution in [0, 0.1) is 6.92 Å². The van der Waals surface area contributed by atoms with Crippen LogP contribution in [0.2, 0.25) is 10.0 Å². The summed E-state index contributed by atoms with van der Waals surface area (Å²) in [7, 11) is 0. The van der Waals surface area contributed by atoms with Gasteiger partial charge in [0.25, 0.3) is 11.7 Å². The van der Waals surface area contributed by atoms with Gasteiger partial charge in [-0.25, -0.2) is 0 Å². The number of anilines is 1. The molecule has 1 amide bonds. The minimum absolute atomic E-state index is 0.419. The van der Waals surface area contributed by atoms with Gasteiger partial charge in [-0.15, -0.1) is 0 Å². The number of aromatic amines is 1. The number of hydrogen-bond acceptors (Lipinski definition) is 3. The average molecular weight is 442 g/mol. The number of benzene rings is 2. The summed E-state index contributed by atoms with van der Waals surface area (Å²) in [4.78, 5) is 32.7. The lowest BCUT2D eigenvalue weighted by Crippen LogP contribution is -2.50. The Morgan fingerprint density at radius 3 is 2.17 bits per heavy atom. The van der Waals surface area contributed by atoms with E-state index in [1.807, 2.05) is 49.4 Å². The number of carbonyl (C=O) groups excluding carboxylic acids is 2. The molecule has 0 radical (unpaired) electrons. The zero-order valence-corrected chi connectivity index (χ0v) is 18.0. The fourth-order valence-corrected chi connectivity index (χ4v) is 4.23. The molecule has 0 atom stereocenters. The Morgan fingerprint density at radius 2 is 1.53 bits per heavy atom. The first-order chi connectivity index (χ1) is 14.4. The van der Waals surface area contributed by atoms with Gasteiger partial charge in [0, 0.05) is 58.9 Å². The molecule has 4 rings (SSSR count). The van der Waals surface area contributed by atoms with Crippen molar-refractivity contribution < 1.29 is 9.59 Å². The molecule has 5 nitrogen and oxygen atoms in total. The van der Waals surface area contributed by atoms with E-state index < -0.39 is 11.7 Å². The second-order valence-electron chi connectivity index (χ2n) is 7.32. The second kappa shape index (κ2) is 8.54. The first-order valence-electron chi connectivity index (χ1n) is 9.72. The molecule has 1 aliphatic rings. The number of hydrogen-bond donors (Lipinski definition) is 1. The van der Waals surface area contributed by atoms with E-state index in [-0.39, 0.29) is 0 Å². The third-order valence-electron chi connectivity index (χ3n) is 5.32. The Morgan fingerprint density at radius 1 is 0.900 bits per heavy atom. The number of piperazine rings is 1. The van der Waals surface area contributed by atoms with Crippen molar-refractivity contribution in [1.29, 1.82) is 0 Å². The standard InChI is InChI=1S/C23H21Cl2N3O2/c1-15-20(14-21(26-15)16-5-3-2-4-6-16)22(29)23(30)28-9-7-27(8-10-28)19-12-17(24)11-18(25)13-19/h2-6,11-14,26H,7-10H2,1H3. The summed E-state index contributed by atoms with van der Waals surface area (Å²) < 4.78 is 0. The highest BCUT2D eigenvalue weighted by atomic mass is 35.5. The number of amides is 1. The van der Waals surface area contributed by atoms with Crippen molar-refractivity contribution in [1.82, 2.24) is 9.88 Å². The highest BCUT2D eigenvalue weighted by Crippen LogP contribution is 2.27. The van der Waals surface area contributed by atoms with Crippen LogP contribution in [-0.4, -0.2) is 47.8 Å². The lowest BCUT2D eigenvalue weighted by atomic mass is 10.1. The van der Waals surface area contributed by atoms with Crippen LogP contribution in [0.5, 0.6) is 0 Å². The van der Waals surface area contributed by atoms with Gasteiger partial charge < -0.3 is 14.8 Å². The molecule has 1 saturated heterocycles. The quantitative estimate of drug-likeness (QED) is 0.465. The Kier molecular flexibility index (Phi) is 5.84. The highest BCUT2D eigenvalue weighted by Gasteiger charge is 2.29. The summed E-state index contributed by atoms with van der Waals surface area (Å²) in [6.45, 7) is 3.95. The fraction of sp³-hybridized carbons (Fsp3) is 0.217. The van der Waals surface area contributed by atoms with E-state index in [1.165, 1.54) is 0 Å². The lowest BCUT2D eigenvalue weighted by Gasteiger charge is -2.36. The molecule has 1 N–H and O–H groups in total. The molecule has 3 aromatic rings. The molecule has 0 spiro atoms. The zero-order valence-electron chi connectivity index (χ0n) is 16.5. The molecule has 7 heteroatoms. The normalized spacial score (nSPS) is 14.1. The molecule has 0 bridgehead atoms. The van der Waals surface area contributed by atoms with Crippen molar-refractivity contribution in [2.45, 2.75) is 6.92 Å². The van der Waals surface area contributed by atoms with Crippen LogP contribution in [-0.2, 0) is 4.79 Å². The van der Waals surface area contributed by atoms with Crippen LogP contribution >= 0.6 is 23.2 Å². The van der Waals surface area contributed by atoms with Crippen LogP contribution in [0.1, 0.15) is 16.1 Å². The summed E-state index contributed by atoms with van der Waals surface area (Å²) >= 11 is 12.2. The minimum Gasteiger partial charge on any atom is -0.368 e. The largest absolute Gasteiger partial charge is 0.368 e. The molecule has 0 unspecified atom stereocenters. The predicted molar refractivity (Wildman–Crippen MR) is 121 cm³/mol. The van der Waals surface area contributed by atoms with Crippen molar-refractivity contribution in [2.24, 2.45) is 0 Å². The zero-order chi connectivity index (χ0) is 21.3. The van der Waals surface area contributed by atoms with Crippen LogP contribution in [0.3, 0.4) is 0 Å². The van der Waals surface area contributed by atoms with E-state index in [1.54, 1.807) is 17.0 Å². The predicted octanol–water partition coefficient (Wildman–Crippen LogP) is 4.83. The maximum absolute atomic E-state index is 12.9. The van der Waals surface area contributed by atoms with E-state index in [4.69, 9.17) is 23.2 Å². The number of nitrogens with zero attached hydrogens (tertiary/aromatic N) is 2. The third kappa shape index (κ3) is 4.23. The number of ketones is 1. The maximum Gasteiger partial charge on any atom is 0.295 e. The molecular weight excluding hydrogens is 421 g/mol. The van der Waals surface area contributed by atoms with Gasteiger partial charge in [-0.3, -0.25) is 9.59 Å². The monoisotopic (exact) mass is 441 g/mol. The fourth-order valence-electron chi connectivity index (χ4n) is 3.72. The molecule has 1 aromatic heterocycles. The van der Waals surface area contributed by atoms with Gasteiger partial charge in [0.15, 0.2) is 0 Å². The van der Waals surface area contributed by atoms with E-state index >= 15 is 0 Å². The van der Waals surface area contributed by atoms with E-state index in [0.717, 1.165) is 16.9 Å². The molecule has 154 valence electrons. The van der Waals surface area contributed by atoms with E-state index in [0.29, 0.717) is 47.5 Å². The molecule has 2 heterocycles. The molecule has 0 saturated carbocycles. The van der Waals surface area contributed by atoms with Crippen LogP contribution in [0.4, 0.5) is 5.69 Å². The summed E-state index contributed by atoms with van der Waals surface area (Å²) in [6, 6.07) is 16.9. The molecule has 1 fully saturated rings. The van der Waals surface area contributed by atoms with Gasteiger partial charge in [-0.2, -0.15) is 0 Å². The third-order valence-corrected chi connectivity index (χ3v) is 5.75. The number of rotatable bonds is 4. The van der Waals surface area contributed by atoms with Gasteiger partial charge in [-0.1, -0.05) is 53.5 Å². The summed E-state index contributed by atoms with van der Waals surface area (Å²) in [5.41, 5.74) is 3.83. The first kappa shape index (κ1) is 20.5. The van der Waals surface area contributed by atoms with Crippen LogP contribution in [0.25, 0.3) is 11.3 Å². The molecule has 30 heavy (non-hydrogen) atoms. The number of nitrogens with one attached hydrogen (secondary N) is 1. The molecule has 1 aliphatic heterocycles. The van der Waals surface area contributed by atoms with Crippen molar-refractivity contribution >= 4 is 40.6 Å². The smallest absolute Gasteiger partial charge is 0.295 e. The van der Waals surface area contributed by atoms with Gasteiger partial charge in [-0.05, 0) is 36.8 Å². The minimum atomic E-state index is -0.481. The Hall–Kier alpha value is -2.76. The van der Waals surface area contributed by atoms with E-state index in [9.17, 15) is 9.59 Å². The van der Waals surface area contributed by atoms with Crippen molar-refractivity contribution in [2.75, 3.05) is 31.1 Å². The molecular formula is C23H21Cl2N3O2. The van der Waals surface area contributed by atoms with E-state index in [2.05, 4.69) is 9.88 Å². The number of carbonyl (C=O) groups is 2. The van der Waals surface area contributed by atoms with Gasteiger partial charge in [0.05, 0.1) is 0 Å². The Bertz CT molecular complexity index is 1070. The Balaban J connectivity index is 1.44. The topological polar surface area (TPSA) is 56.4 Å². The summed E-state index contributed by atoms with van der Waals surface area (Å²) in [6.07, 6.45) is 0. The van der Waals surface area contributed by atoms with Gasteiger partial charge >= 0.3 is 0 Å². The van der Waals surface area contributed by atoms with Crippen molar-refractivity contribution in [3.05, 3.63) is 75.9 Å². The molecule has 0 aliphatic carbocycles. The van der Waals surface area contributed by atoms with Crippen molar-refractivity contribution in [3.8, 4) is 11.3 Å². The molecule has 2 aromatic carbocycles. The maximum atomic E-state index is 12.9. The number of aryl methyl sites for hydroxylation is 1.